The summed E-state index contributed by atoms with van der Waals surface area (Å²) in [6.45, 7) is 3.60. The molecule has 3 nitrogen and oxygen atoms in total. The number of aliphatic hydroxyl groups excluding tert-OH is 1. The molecule has 1 heterocycles. The largest absolute Gasteiger partial charge is 0.388 e. The minimum absolute atomic E-state index is 0.0908. The van der Waals surface area contributed by atoms with Crippen LogP contribution >= 0.6 is 0 Å². The Kier molecular flexibility index (Phi) is 3.85. The Balaban J connectivity index is 2.33. The summed E-state index contributed by atoms with van der Waals surface area (Å²) in [5.41, 5.74) is 2.06. The Labute approximate surface area is 114 Å². The number of aryl methyl sites for hydroxylation is 2. The summed E-state index contributed by atoms with van der Waals surface area (Å²) in [6.07, 6.45) is -1.17. The van der Waals surface area contributed by atoms with E-state index < -0.39 is 23.6 Å². The third-order valence-electron chi connectivity index (χ3n) is 3.48. The monoisotopic (exact) mass is 284 g/mol. The Morgan fingerprint density at radius 3 is 2.40 bits per heavy atom. The molecule has 0 amide bonds. The van der Waals surface area contributed by atoms with Crippen molar-refractivity contribution in [3.8, 4) is 0 Å². The number of rotatable bonds is 3. The van der Waals surface area contributed by atoms with E-state index in [1.165, 1.54) is 0 Å². The number of aliphatic hydroxyl groups is 1. The predicted octanol–water partition coefficient (Wildman–Crippen LogP) is 2.73. The first kappa shape index (κ1) is 14.6. The first-order valence-corrected chi connectivity index (χ1v) is 6.13. The van der Waals surface area contributed by atoms with E-state index in [-0.39, 0.29) is 12.0 Å². The second kappa shape index (κ2) is 5.28. The lowest BCUT2D eigenvalue weighted by Gasteiger charge is -2.13. The second-order valence-corrected chi connectivity index (χ2v) is 4.76. The molecule has 20 heavy (non-hydrogen) atoms. The summed E-state index contributed by atoms with van der Waals surface area (Å²) in [4.78, 5) is 0. The first-order chi connectivity index (χ1) is 9.32. The van der Waals surface area contributed by atoms with Crippen LogP contribution in [-0.2, 0) is 13.5 Å². The molecular formula is C14H15F3N2O. The summed E-state index contributed by atoms with van der Waals surface area (Å²) in [5.74, 6) is -4.19. The second-order valence-electron chi connectivity index (χ2n) is 4.76. The minimum atomic E-state index is -1.57. The maximum atomic E-state index is 13.6. The molecule has 1 atom stereocenters. The molecule has 1 aromatic heterocycles. The topological polar surface area (TPSA) is 38.0 Å². The minimum Gasteiger partial charge on any atom is -0.388 e. The molecule has 0 aliphatic carbocycles. The number of benzene rings is 1. The molecule has 0 spiro atoms. The van der Waals surface area contributed by atoms with Crippen molar-refractivity contribution in [3.63, 3.8) is 0 Å². The maximum absolute atomic E-state index is 13.6. The molecule has 6 heteroatoms. The van der Waals surface area contributed by atoms with Crippen molar-refractivity contribution in [2.24, 2.45) is 7.05 Å². The van der Waals surface area contributed by atoms with Crippen molar-refractivity contribution in [1.29, 1.82) is 0 Å². The lowest BCUT2D eigenvalue weighted by Crippen LogP contribution is -2.08. The van der Waals surface area contributed by atoms with E-state index in [0.717, 1.165) is 23.4 Å². The fraction of sp³-hybridized carbons (Fsp3) is 0.357. The Hall–Kier alpha value is -1.82. The Morgan fingerprint density at radius 1 is 1.20 bits per heavy atom. The van der Waals surface area contributed by atoms with Gasteiger partial charge < -0.3 is 5.11 Å². The average molecular weight is 284 g/mol. The van der Waals surface area contributed by atoms with Gasteiger partial charge in [0.25, 0.3) is 0 Å². The fourth-order valence-electron chi connectivity index (χ4n) is 2.21. The molecular weight excluding hydrogens is 269 g/mol. The normalized spacial score (nSPS) is 12.8. The zero-order valence-electron chi connectivity index (χ0n) is 11.4. The average Bonchev–Trinajstić information content (AvgIpc) is 2.62. The molecule has 1 unspecified atom stereocenters. The van der Waals surface area contributed by atoms with Crippen LogP contribution in [0.15, 0.2) is 12.1 Å². The lowest BCUT2D eigenvalue weighted by molar-refractivity contribution is 0.171. The van der Waals surface area contributed by atoms with Crippen LogP contribution in [0.1, 0.15) is 28.6 Å². The molecule has 0 bridgehead atoms. The smallest absolute Gasteiger partial charge is 0.194 e. The molecule has 0 aliphatic heterocycles. The van der Waals surface area contributed by atoms with Crippen molar-refractivity contribution >= 4 is 0 Å². The van der Waals surface area contributed by atoms with Gasteiger partial charge in [0.15, 0.2) is 17.5 Å². The zero-order valence-corrected chi connectivity index (χ0v) is 11.4. The molecule has 2 rings (SSSR count). The zero-order chi connectivity index (χ0) is 15.0. The Morgan fingerprint density at radius 2 is 1.85 bits per heavy atom. The molecule has 0 saturated heterocycles. The SMILES string of the molecule is Cc1nn(C)c(C)c1CC(O)c1ccc(F)c(F)c1F. The van der Waals surface area contributed by atoms with Gasteiger partial charge in [0.1, 0.15) is 0 Å². The number of hydrogen-bond donors (Lipinski definition) is 1. The van der Waals surface area contributed by atoms with Crippen LogP contribution in [0.2, 0.25) is 0 Å². The van der Waals surface area contributed by atoms with Crippen LogP contribution in [0, 0.1) is 31.3 Å². The predicted molar refractivity (Wildman–Crippen MR) is 67.7 cm³/mol. The van der Waals surface area contributed by atoms with Crippen LogP contribution < -0.4 is 0 Å². The van der Waals surface area contributed by atoms with E-state index >= 15 is 0 Å². The third kappa shape index (κ3) is 2.43. The highest BCUT2D eigenvalue weighted by atomic mass is 19.2. The summed E-state index contributed by atoms with van der Waals surface area (Å²) < 4.78 is 41.3. The highest BCUT2D eigenvalue weighted by Crippen LogP contribution is 2.26. The van der Waals surface area contributed by atoms with Crippen molar-refractivity contribution in [2.75, 3.05) is 0 Å². The highest BCUT2D eigenvalue weighted by molar-refractivity contribution is 5.29. The van der Waals surface area contributed by atoms with Gasteiger partial charge in [-0.15, -0.1) is 0 Å². The third-order valence-corrected chi connectivity index (χ3v) is 3.48. The van der Waals surface area contributed by atoms with E-state index in [1.54, 1.807) is 18.7 Å². The maximum Gasteiger partial charge on any atom is 0.194 e. The van der Waals surface area contributed by atoms with Crippen molar-refractivity contribution in [1.82, 2.24) is 9.78 Å². The van der Waals surface area contributed by atoms with E-state index in [4.69, 9.17) is 0 Å². The molecule has 0 aliphatic rings. The number of nitrogens with zero attached hydrogens (tertiary/aromatic N) is 2. The molecule has 1 aromatic carbocycles. The van der Waals surface area contributed by atoms with Gasteiger partial charge in [0.2, 0.25) is 0 Å². The lowest BCUT2D eigenvalue weighted by atomic mass is 9.99. The van der Waals surface area contributed by atoms with Gasteiger partial charge in [0, 0.05) is 24.7 Å². The van der Waals surface area contributed by atoms with Gasteiger partial charge in [-0.3, -0.25) is 4.68 Å². The highest BCUT2D eigenvalue weighted by Gasteiger charge is 2.21. The molecule has 108 valence electrons. The summed E-state index contributed by atoms with van der Waals surface area (Å²) in [5, 5.41) is 14.3. The number of aromatic nitrogens is 2. The Bertz CT molecular complexity index is 652. The van der Waals surface area contributed by atoms with E-state index in [9.17, 15) is 18.3 Å². The van der Waals surface area contributed by atoms with Crippen LogP contribution in [-0.4, -0.2) is 14.9 Å². The number of hydrogen-bond acceptors (Lipinski definition) is 2. The van der Waals surface area contributed by atoms with Crippen LogP contribution in [0.4, 0.5) is 13.2 Å². The van der Waals surface area contributed by atoms with E-state index in [1.807, 2.05) is 6.92 Å². The number of halogens is 3. The summed E-state index contributed by atoms with van der Waals surface area (Å²) >= 11 is 0. The summed E-state index contributed by atoms with van der Waals surface area (Å²) in [6, 6.07) is 1.86. The van der Waals surface area contributed by atoms with E-state index in [0.29, 0.717) is 5.69 Å². The van der Waals surface area contributed by atoms with Gasteiger partial charge in [-0.1, -0.05) is 6.07 Å². The van der Waals surface area contributed by atoms with Crippen molar-refractivity contribution in [3.05, 3.63) is 52.1 Å². The molecule has 0 saturated carbocycles. The standard InChI is InChI=1S/C14H15F3N2O/c1-7-10(8(2)19(3)18-7)6-12(20)9-4-5-11(15)14(17)13(9)16/h4-5,12,20H,6H2,1-3H3. The molecule has 0 fully saturated rings. The van der Waals surface area contributed by atoms with Crippen molar-refractivity contribution < 1.29 is 18.3 Å². The van der Waals surface area contributed by atoms with Gasteiger partial charge in [-0.2, -0.15) is 5.10 Å². The molecule has 0 radical (unpaired) electrons. The van der Waals surface area contributed by atoms with Crippen molar-refractivity contribution in [2.45, 2.75) is 26.4 Å². The first-order valence-electron chi connectivity index (χ1n) is 6.13. The molecule has 2 aromatic rings. The van der Waals surface area contributed by atoms with Crippen LogP contribution in [0.3, 0.4) is 0 Å². The van der Waals surface area contributed by atoms with Gasteiger partial charge in [0.05, 0.1) is 11.8 Å². The fourth-order valence-corrected chi connectivity index (χ4v) is 2.21. The van der Waals surface area contributed by atoms with Gasteiger partial charge in [-0.05, 0) is 25.5 Å². The molecule has 1 N–H and O–H groups in total. The van der Waals surface area contributed by atoms with Gasteiger partial charge >= 0.3 is 0 Å². The van der Waals surface area contributed by atoms with Gasteiger partial charge in [-0.25, -0.2) is 13.2 Å². The van der Waals surface area contributed by atoms with Crippen LogP contribution in [0.25, 0.3) is 0 Å². The summed E-state index contributed by atoms with van der Waals surface area (Å²) in [7, 11) is 1.76. The van der Waals surface area contributed by atoms with E-state index in [2.05, 4.69) is 5.10 Å². The quantitative estimate of drug-likeness (QED) is 0.880. The van der Waals surface area contributed by atoms with Crippen LogP contribution in [0.5, 0.6) is 0 Å².